The summed E-state index contributed by atoms with van der Waals surface area (Å²) in [5.74, 6) is -2.21. The zero-order valence-corrected chi connectivity index (χ0v) is 10.7. The number of carboxylic acids is 1. The molecule has 0 radical (unpaired) electrons. The molecule has 0 saturated carbocycles. The van der Waals surface area contributed by atoms with E-state index in [-0.39, 0.29) is 5.91 Å². The Balaban J connectivity index is 2.18. The average molecular weight is 260 g/mol. The predicted octanol–water partition coefficient (Wildman–Crippen LogP) is 1.71. The van der Waals surface area contributed by atoms with Crippen LogP contribution in [0.3, 0.4) is 0 Å². The standard InChI is InChI=1S/C14H16N2O3/c1-16(10-6-8-15-9-7-10)13(17)11-4-2-3-5-12(11)14(18)19/h2-3,6-9,11-12H,4-5H2,1H3,(H,18,19). The predicted molar refractivity (Wildman–Crippen MR) is 70.6 cm³/mol. The lowest BCUT2D eigenvalue weighted by Gasteiger charge is -2.28. The third kappa shape index (κ3) is 2.81. The van der Waals surface area contributed by atoms with Crippen LogP contribution in [0.4, 0.5) is 5.69 Å². The number of allylic oxidation sites excluding steroid dienone is 2. The van der Waals surface area contributed by atoms with Crippen molar-refractivity contribution in [3.05, 3.63) is 36.7 Å². The van der Waals surface area contributed by atoms with E-state index in [1.54, 1.807) is 31.6 Å². The molecule has 5 heteroatoms. The van der Waals surface area contributed by atoms with Crippen molar-refractivity contribution in [2.24, 2.45) is 11.8 Å². The van der Waals surface area contributed by atoms with Gasteiger partial charge in [-0.25, -0.2) is 0 Å². The normalized spacial score (nSPS) is 21.9. The Bertz CT molecular complexity index is 499. The van der Waals surface area contributed by atoms with Crippen molar-refractivity contribution >= 4 is 17.6 Å². The Morgan fingerprint density at radius 2 is 1.79 bits per heavy atom. The molecule has 0 saturated heterocycles. The van der Waals surface area contributed by atoms with Crippen molar-refractivity contribution < 1.29 is 14.7 Å². The lowest BCUT2D eigenvalue weighted by Crippen LogP contribution is -2.40. The summed E-state index contributed by atoms with van der Waals surface area (Å²) in [5.41, 5.74) is 0.721. The van der Waals surface area contributed by atoms with Crippen LogP contribution in [0, 0.1) is 11.8 Å². The molecule has 0 fully saturated rings. The molecule has 0 spiro atoms. The van der Waals surface area contributed by atoms with Crippen molar-refractivity contribution in [3.63, 3.8) is 0 Å². The van der Waals surface area contributed by atoms with Gasteiger partial charge < -0.3 is 10.0 Å². The van der Waals surface area contributed by atoms with Gasteiger partial charge in [0.2, 0.25) is 5.91 Å². The molecule has 2 unspecified atom stereocenters. The molecule has 19 heavy (non-hydrogen) atoms. The Hall–Kier alpha value is -2.17. The largest absolute Gasteiger partial charge is 0.481 e. The number of carboxylic acid groups (broad SMARTS) is 1. The third-order valence-electron chi connectivity index (χ3n) is 3.45. The summed E-state index contributed by atoms with van der Waals surface area (Å²) < 4.78 is 0. The van der Waals surface area contributed by atoms with E-state index in [0.29, 0.717) is 12.8 Å². The van der Waals surface area contributed by atoms with E-state index in [0.717, 1.165) is 5.69 Å². The average Bonchev–Trinajstić information content (AvgIpc) is 2.46. The Kier molecular flexibility index (Phi) is 3.94. The summed E-state index contributed by atoms with van der Waals surface area (Å²) in [6, 6.07) is 3.46. The van der Waals surface area contributed by atoms with E-state index < -0.39 is 17.8 Å². The zero-order valence-electron chi connectivity index (χ0n) is 10.7. The molecule has 1 aliphatic rings. The van der Waals surface area contributed by atoms with Gasteiger partial charge in [-0.15, -0.1) is 0 Å². The van der Waals surface area contributed by atoms with Crippen molar-refractivity contribution in [1.82, 2.24) is 4.98 Å². The van der Waals surface area contributed by atoms with Crippen molar-refractivity contribution in [1.29, 1.82) is 0 Å². The van der Waals surface area contributed by atoms with Crippen LogP contribution in [0.25, 0.3) is 0 Å². The molecule has 0 aromatic carbocycles. The first-order chi connectivity index (χ1) is 9.11. The highest BCUT2D eigenvalue weighted by molar-refractivity contribution is 5.97. The van der Waals surface area contributed by atoms with Crippen LogP contribution < -0.4 is 4.90 Å². The fourth-order valence-electron chi connectivity index (χ4n) is 2.30. The van der Waals surface area contributed by atoms with Gasteiger partial charge in [-0.1, -0.05) is 12.2 Å². The molecule has 1 aliphatic carbocycles. The smallest absolute Gasteiger partial charge is 0.307 e. The van der Waals surface area contributed by atoms with E-state index >= 15 is 0 Å². The SMILES string of the molecule is CN(C(=O)C1CC=CCC1C(=O)O)c1ccncc1. The van der Waals surface area contributed by atoms with Gasteiger partial charge in [0.15, 0.2) is 0 Å². The number of pyridine rings is 1. The zero-order chi connectivity index (χ0) is 13.8. The summed E-state index contributed by atoms with van der Waals surface area (Å²) in [4.78, 5) is 29.0. The minimum Gasteiger partial charge on any atom is -0.481 e. The molecule has 0 bridgehead atoms. The summed E-state index contributed by atoms with van der Waals surface area (Å²) in [7, 11) is 1.66. The lowest BCUT2D eigenvalue weighted by atomic mass is 9.82. The molecular formula is C14H16N2O3. The summed E-state index contributed by atoms with van der Waals surface area (Å²) >= 11 is 0. The van der Waals surface area contributed by atoms with E-state index in [1.807, 2.05) is 12.2 Å². The van der Waals surface area contributed by atoms with Gasteiger partial charge in [-0.05, 0) is 25.0 Å². The van der Waals surface area contributed by atoms with Crippen LogP contribution >= 0.6 is 0 Å². The number of carbonyl (C=O) groups excluding carboxylic acids is 1. The topological polar surface area (TPSA) is 70.5 Å². The molecule has 1 N–H and O–H groups in total. The Labute approximate surface area is 111 Å². The molecule has 2 atom stereocenters. The molecule has 1 aromatic heterocycles. The minimum atomic E-state index is -0.911. The van der Waals surface area contributed by atoms with Crippen LogP contribution in [-0.4, -0.2) is 29.0 Å². The molecule has 1 aromatic rings. The van der Waals surface area contributed by atoms with Crippen LogP contribution in [-0.2, 0) is 9.59 Å². The van der Waals surface area contributed by atoms with Gasteiger partial charge in [-0.2, -0.15) is 0 Å². The van der Waals surface area contributed by atoms with Crippen LogP contribution in [0.15, 0.2) is 36.7 Å². The highest BCUT2D eigenvalue weighted by Gasteiger charge is 2.35. The maximum absolute atomic E-state index is 12.4. The van der Waals surface area contributed by atoms with E-state index in [2.05, 4.69) is 4.98 Å². The maximum Gasteiger partial charge on any atom is 0.307 e. The highest BCUT2D eigenvalue weighted by atomic mass is 16.4. The van der Waals surface area contributed by atoms with Gasteiger partial charge in [0, 0.05) is 25.1 Å². The van der Waals surface area contributed by atoms with Gasteiger partial charge in [0.1, 0.15) is 0 Å². The van der Waals surface area contributed by atoms with Gasteiger partial charge in [0.05, 0.1) is 11.8 Å². The molecule has 5 nitrogen and oxygen atoms in total. The molecular weight excluding hydrogens is 244 g/mol. The van der Waals surface area contributed by atoms with Gasteiger partial charge >= 0.3 is 5.97 Å². The molecule has 1 heterocycles. The summed E-state index contributed by atoms with van der Waals surface area (Å²) in [6.07, 6.45) is 7.81. The number of aromatic nitrogens is 1. The van der Waals surface area contributed by atoms with E-state index in [1.165, 1.54) is 4.90 Å². The van der Waals surface area contributed by atoms with E-state index in [4.69, 9.17) is 0 Å². The first kappa shape index (κ1) is 13.3. The number of carbonyl (C=O) groups is 2. The first-order valence-corrected chi connectivity index (χ1v) is 6.16. The number of amides is 1. The fraction of sp³-hybridized carbons (Fsp3) is 0.357. The highest BCUT2D eigenvalue weighted by Crippen LogP contribution is 2.28. The number of aliphatic carboxylic acids is 1. The van der Waals surface area contributed by atoms with E-state index in [9.17, 15) is 14.7 Å². The maximum atomic E-state index is 12.4. The number of hydrogen-bond acceptors (Lipinski definition) is 3. The monoisotopic (exact) mass is 260 g/mol. The second-order valence-corrected chi connectivity index (χ2v) is 4.60. The summed E-state index contributed by atoms with van der Waals surface area (Å²) in [6.45, 7) is 0. The van der Waals surface area contributed by atoms with Crippen LogP contribution in [0.2, 0.25) is 0 Å². The Morgan fingerprint density at radius 1 is 1.21 bits per heavy atom. The Morgan fingerprint density at radius 3 is 2.37 bits per heavy atom. The van der Waals surface area contributed by atoms with Crippen LogP contribution in [0.1, 0.15) is 12.8 Å². The first-order valence-electron chi connectivity index (χ1n) is 6.16. The molecule has 2 rings (SSSR count). The number of hydrogen-bond donors (Lipinski definition) is 1. The molecule has 1 amide bonds. The van der Waals surface area contributed by atoms with Gasteiger partial charge in [-0.3, -0.25) is 14.6 Å². The molecule has 0 aliphatic heterocycles. The minimum absolute atomic E-state index is 0.164. The number of nitrogens with zero attached hydrogens (tertiary/aromatic N) is 2. The van der Waals surface area contributed by atoms with Gasteiger partial charge in [0.25, 0.3) is 0 Å². The third-order valence-corrected chi connectivity index (χ3v) is 3.45. The second-order valence-electron chi connectivity index (χ2n) is 4.60. The van der Waals surface area contributed by atoms with Crippen molar-refractivity contribution in [3.8, 4) is 0 Å². The lowest BCUT2D eigenvalue weighted by molar-refractivity contribution is -0.146. The fourth-order valence-corrected chi connectivity index (χ4v) is 2.30. The number of anilines is 1. The number of rotatable bonds is 3. The van der Waals surface area contributed by atoms with Crippen molar-refractivity contribution in [2.45, 2.75) is 12.8 Å². The second kappa shape index (κ2) is 5.65. The van der Waals surface area contributed by atoms with Crippen LogP contribution in [0.5, 0.6) is 0 Å². The molecule has 100 valence electrons. The van der Waals surface area contributed by atoms with Crippen molar-refractivity contribution in [2.75, 3.05) is 11.9 Å². The summed E-state index contributed by atoms with van der Waals surface area (Å²) in [5, 5.41) is 9.20. The quantitative estimate of drug-likeness (QED) is 0.840.